The number of anilines is 1. The number of nitrogens with zero attached hydrogens (tertiary/aromatic N) is 1. The molecule has 1 fully saturated rings. The van der Waals surface area contributed by atoms with Gasteiger partial charge < -0.3 is 10.2 Å². The lowest BCUT2D eigenvalue weighted by molar-refractivity contribution is 0.515. The van der Waals surface area contributed by atoms with Crippen LogP contribution in [0.2, 0.25) is 0 Å². The van der Waals surface area contributed by atoms with Crippen LogP contribution in [0.5, 0.6) is 0 Å². The maximum absolute atomic E-state index is 3.71. The highest BCUT2D eigenvalue weighted by atomic mass is 15.1. The van der Waals surface area contributed by atoms with Gasteiger partial charge in [-0.3, -0.25) is 0 Å². The Kier molecular flexibility index (Phi) is 6.56. The highest BCUT2D eigenvalue weighted by Gasteiger charge is 2.19. The Bertz CT molecular complexity index is 416. The van der Waals surface area contributed by atoms with Gasteiger partial charge in [0.25, 0.3) is 0 Å². The summed E-state index contributed by atoms with van der Waals surface area (Å²) in [6, 6.07) is 9.51. The van der Waals surface area contributed by atoms with Gasteiger partial charge in [-0.2, -0.15) is 0 Å². The third-order valence-corrected chi connectivity index (χ3v) is 4.72. The Morgan fingerprint density at radius 1 is 1.19 bits per heavy atom. The zero-order valence-corrected chi connectivity index (χ0v) is 14.1. The molecule has 2 rings (SSSR count). The molecular formula is C19H32N2. The van der Waals surface area contributed by atoms with Crippen LogP contribution in [0.15, 0.2) is 24.3 Å². The zero-order valence-electron chi connectivity index (χ0n) is 14.1. The molecule has 0 saturated carbocycles. The van der Waals surface area contributed by atoms with Crippen LogP contribution in [0.4, 0.5) is 5.69 Å². The molecule has 0 aliphatic carbocycles. The molecule has 0 spiro atoms. The van der Waals surface area contributed by atoms with Crippen molar-refractivity contribution >= 4 is 5.69 Å². The molecule has 0 bridgehead atoms. The highest BCUT2D eigenvalue weighted by Crippen LogP contribution is 2.30. The molecule has 2 nitrogen and oxygen atoms in total. The van der Waals surface area contributed by atoms with Crippen molar-refractivity contribution in [2.75, 3.05) is 24.5 Å². The van der Waals surface area contributed by atoms with Crippen molar-refractivity contribution in [1.82, 2.24) is 5.32 Å². The molecule has 118 valence electrons. The lowest BCUT2D eigenvalue weighted by Gasteiger charge is -2.29. The first kappa shape index (κ1) is 16.4. The fourth-order valence-corrected chi connectivity index (χ4v) is 3.37. The van der Waals surface area contributed by atoms with Crippen molar-refractivity contribution in [2.45, 2.75) is 58.9 Å². The number of para-hydroxylation sites is 1. The molecule has 1 N–H and O–H groups in total. The van der Waals surface area contributed by atoms with Crippen LogP contribution in [0.1, 0.15) is 64.5 Å². The summed E-state index contributed by atoms with van der Waals surface area (Å²) < 4.78 is 0. The average molecular weight is 288 g/mol. The standard InChI is InChI=1S/C19H32N2/c1-4-13-20-18(5-2)17-10-6-7-11-19(17)21-14-8-9-16(3)12-15-21/h6-7,10-11,16,18,20H,4-5,8-9,12-15H2,1-3H3. The molecule has 1 heterocycles. The first-order valence-electron chi connectivity index (χ1n) is 8.83. The van der Waals surface area contributed by atoms with E-state index in [9.17, 15) is 0 Å². The van der Waals surface area contributed by atoms with Crippen LogP contribution in [-0.2, 0) is 0 Å². The first-order valence-corrected chi connectivity index (χ1v) is 8.83. The van der Waals surface area contributed by atoms with Crippen LogP contribution < -0.4 is 10.2 Å². The Hall–Kier alpha value is -1.02. The minimum Gasteiger partial charge on any atom is -0.371 e. The van der Waals surface area contributed by atoms with Gasteiger partial charge in [0.2, 0.25) is 0 Å². The van der Waals surface area contributed by atoms with Crippen LogP contribution in [0.3, 0.4) is 0 Å². The van der Waals surface area contributed by atoms with E-state index in [4.69, 9.17) is 0 Å². The van der Waals surface area contributed by atoms with Gasteiger partial charge in [-0.05, 0) is 56.2 Å². The normalized spacial score (nSPS) is 21.1. The SMILES string of the molecule is CCCNC(CC)c1ccccc1N1CCCC(C)CC1. The summed E-state index contributed by atoms with van der Waals surface area (Å²) in [6.07, 6.45) is 6.38. The van der Waals surface area contributed by atoms with Gasteiger partial charge in [0.05, 0.1) is 0 Å². The van der Waals surface area contributed by atoms with Gasteiger partial charge in [-0.25, -0.2) is 0 Å². The maximum Gasteiger partial charge on any atom is 0.0414 e. The highest BCUT2D eigenvalue weighted by molar-refractivity contribution is 5.55. The van der Waals surface area contributed by atoms with Gasteiger partial charge >= 0.3 is 0 Å². The summed E-state index contributed by atoms with van der Waals surface area (Å²) in [5.74, 6) is 0.877. The van der Waals surface area contributed by atoms with E-state index in [1.807, 2.05) is 0 Å². The molecule has 1 aromatic carbocycles. The topological polar surface area (TPSA) is 15.3 Å². The predicted molar refractivity (Wildman–Crippen MR) is 93.0 cm³/mol. The number of hydrogen-bond acceptors (Lipinski definition) is 2. The molecule has 0 amide bonds. The molecule has 1 saturated heterocycles. The molecule has 1 aromatic rings. The molecule has 1 aliphatic heterocycles. The van der Waals surface area contributed by atoms with Crippen LogP contribution >= 0.6 is 0 Å². The van der Waals surface area contributed by atoms with Crippen LogP contribution in [0.25, 0.3) is 0 Å². The summed E-state index contributed by atoms with van der Waals surface area (Å²) in [5, 5.41) is 3.71. The summed E-state index contributed by atoms with van der Waals surface area (Å²) >= 11 is 0. The van der Waals surface area contributed by atoms with E-state index >= 15 is 0 Å². The minimum atomic E-state index is 0.488. The van der Waals surface area contributed by atoms with E-state index in [1.165, 1.54) is 50.0 Å². The quantitative estimate of drug-likeness (QED) is 0.811. The minimum absolute atomic E-state index is 0.488. The summed E-state index contributed by atoms with van der Waals surface area (Å²) in [6.45, 7) is 10.4. The Balaban J connectivity index is 2.18. The van der Waals surface area contributed by atoms with Gasteiger partial charge in [-0.15, -0.1) is 0 Å². The number of rotatable bonds is 6. The molecule has 21 heavy (non-hydrogen) atoms. The van der Waals surface area contributed by atoms with Crippen molar-refractivity contribution in [3.63, 3.8) is 0 Å². The van der Waals surface area contributed by atoms with Crippen molar-refractivity contribution in [3.05, 3.63) is 29.8 Å². The number of hydrogen-bond donors (Lipinski definition) is 1. The van der Waals surface area contributed by atoms with E-state index in [0.717, 1.165) is 18.9 Å². The van der Waals surface area contributed by atoms with Gasteiger partial charge in [0.15, 0.2) is 0 Å². The Labute approximate surface area is 130 Å². The number of benzene rings is 1. The van der Waals surface area contributed by atoms with E-state index < -0.39 is 0 Å². The fourth-order valence-electron chi connectivity index (χ4n) is 3.37. The van der Waals surface area contributed by atoms with Crippen molar-refractivity contribution in [1.29, 1.82) is 0 Å². The van der Waals surface area contributed by atoms with Crippen molar-refractivity contribution < 1.29 is 0 Å². The summed E-state index contributed by atoms with van der Waals surface area (Å²) in [4.78, 5) is 2.62. The molecule has 2 atom stereocenters. The van der Waals surface area contributed by atoms with E-state index in [2.05, 4.69) is 55.3 Å². The van der Waals surface area contributed by atoms with E-state index in [-0.39, 0.29) is 0 Å². The largest absolute Gasteiger partial charge is 0.371 e. The van der Waals surface area contributed by atoms with Crippen molar-refractivity contribution in [2.24, 2.45) is 5.92 Å². The lowest BCUT2D eigenvalue weighted by Crippen LogP contribution is -2.28. The Morgan fingerprint density at radius 2 is 2.00 bits per heavy atom. The molecule has 1 aliphatic rings. The molecular weight excluding hydrogens is 256 g/mol. The first-order chi connectivity index (χ1) is 10.3. The fraction of sp³-hybridized carbons (Fsp3) is 0.684. The van der Waals surface area contributed by atoms with E-state index in [0.29, 0.717) is 6.04 Å². The smallest absolute Gasteiger partial charge is 0.0414 e. The molecule has 0 aromatic heterocycles. The Morgan fingerprint density at radius 3 is 2.76 bits per heavy atom. The van der Waals surface area contributed by atoms with Crippen LogP contribution in [-0.4, -0.2) is 19.6 Å². The maximum atomic E-state index is 3.71. The second kappa shape index (κ2) is 8.43. The van der Waals surface area contributed by atoms with Gasteiger partial charge in [0.1, 0.15) is 0 Å². The van der Waals surface area contributed by atoms with Gasteiger partial charge in [-0.1, -0.05) is 39.0 Å². The number of nitrogens with one attached hydrogen (secondary N) is 1. The molecule has 2 unspecified atom stereocenters. The lowest BCUT2D eigenvalue weighted by atomic mass is 10.0. The van der Waals surface area contributed by atoms with Gasteiger partial charge in [0, 0.05) is 24.8 Å². The molecule has 2 heteroatoms. The average Bonchev–Trinajstić information content (AvgIpc) is 2.73. The summed E-state index contributed by atoms with van der Waals surface area (Å²) in [5.41, 5.74) is 2.95. The zero-order chi connectivity index (χ0) is 15.1. The third kappa shape index (κ3) is 4.47. The molecule has 0 radical (unpaired) electrons. The third-order valence-electron chi connectivity index (χ3n) is 4.72. The van der Waals surface area contributed by atoms with Crippen molar-refractivity contribution in [3.8, 4) is 0 Å². The predicted octanol–water partition coefficient (Wildman–Crippen LogP) is 4.76. The second-order valence-electron chi connectivity index (χ2n) is 6.50. The van der Waals surface area contributed by atoms with E-state index in [1.54, 1.807) is 0 Å². The summed E-state index contributed by atoms with van der Waals surface area (Å²) in [7, 11) is 0. The monoisotopic (exact) mass is 288 g/mol. The van der Waals surface area contributed by atoms with Crippen LogP contribution in [0, 0.1) is 5.92 Å². The second-order valence-corrected chi connectivity index (χ2v) is 6.50.